The Labute approximate surface area is 186 Å². The average Bonchev–Trinajstić information content (AvgIpc) is 3.32. The number of carbonyl (C=O) groups excluding carboxylic acids is 3. The number of rotatable bonds is 6. The number of primary amides is 1. The quantitative estimate of drug-likeness (QED) is 0.615. The normalized spacial score (nSPS) is 14.3. The first-order valence-corrected chi connectivity index (χ1v) is 10.4. The molecular formula is C25H25N3O4. The number of carbonyl (C=O) groups is 3. The molecule has 1 aliphatic rings. The molecule has 3 aromatic rings. The minimum Gasteiger partial charge on any atom is -0.451 e. The number of amides is 3. The topological polar surface area (TPSA) is 106 Å². The smallest absolute Gasteiger partial charge is 0.284 e. The maximum atomic E-state index is 12.9. The first kappa shape index (κ1) is 21.4. The molecule has 1 aromatic heterocycles. The van der Waals surface area contributed by atoms with Crippen molar-refractivity contribution in [3.63, 3.8) is 0 Å². The Morgan fingerprint density at radius 1 is 1.09 bits per heavy atom. The maximum Gasteiger partial charge on any atom is 0.284 e. The Morgan fingerprint density at radius 3 is 2.56 bits per heavy atom. The van der Waals surface area contributed by atoms with Crippen LogP contribution in [0.4, 0.5) is 11.4 Å². The van der Waals surface area contributed by atoms with Crippen molar-refractivity contribution in [2.24, 2.45) is 5.73 Å². The summed E-state index contributed by atoms with van der Waals surface area (Å²) in [6.45, 7) is 5.99. The lowest BCUT2D eigenvalue weighted by Gasteiger charge is -2.20. The predicted octanol–water partition coefficient (Wildman–Crippen LogP) is 4.01. The maximum absolute atomic E-state index is 12.9. The zero-order valence-electron chi connectivity index (χ0n) is 18.3. The highest BCUT2D eigenvalue weighted by Gasteiger charge is 2.43. The van der Waals surface area contributed by atoms with Gasteiger partial charge >= 0.3 is 0 Å². The van der Waals surface area contributed by atoms with Gasteiger partial charge in [-0.3, -0.25) is 14.4 Å². The largest absolute Gasteiger partial charge is 0.451 e. The monoisotopic (exact) mass is 431 g/mol. The van der Waals surface area contributed by atoms with E-state index in [2.05, 4.69) is 5.32 Å². The molecule has 2 heterocycles. The second kappa shape index (κ2) is 8.00. The molecule has 0 bridgehead atoms. The third-order valence-electron chi connectivity index (χ3n) is 5.86. The number of aryl methyl sites for hydroxylation is 1. The summed E-state index contributed by atoms with van der Waals surface area (Å²) < 4.78 is 5.48. The second-order valence-electron chi connectivity index (χ2n) is 8.45. The van der Waals surface area contributed by atoms with Gasteiger partial charge in [0, 0.05) is 29.9 Å². The summed E-state index contributed by atoms with van der Waals surface area (Å²) in [7, 11) is 0. The summed E-state index contributed by atoms with van der Waals surface area (Å²) in [5.41, 5.74) is 8.71. The molecule has 0 atom stereocenters. The van der Waals surface area contributed by atoms with Crippen LogP contribution >= 0.6 is 0 Å². The van der Waals surface area contributed by atoms with Gasteiger partial charge in [-0.05, 0) is 56.2 Å². The van der Waals surface area contributed by atoms with E-state index in [1.165, 1.54) is 6.07 Å². The Hall–Kier alpha value is -3.87. The number of furan rings is 1. The Kier molecular flexibility index (Phi) is 5.34. The molecule has 0 aliphatic carbocycles. The molecule has 1 aliphatic heterocycles. The fraction of sp³-hybridized carbons (Fsp3) is 0.240. The number of anilines is 2. The highest BCUT2D eigenvalue weighted by Crippen LogP contribution is 2.41. The number of nitrogens with zero attached hydrogens (tertiary/aromatic N) is 1. The molecule has 0 saturated heterocycles. The molecule has 7 nitrogen and oxygen atoms in total. The molecule has 3 amide bonds. The van der Waals surface area contributed by atoms with Crippen LogP contribution in [0.2, 0.25) is 0 Å². The van der Waals surface area contributed by atoms with Crippen LogP contribution in [0.25, 0.3) is 11.3 Å². The molecule has 164 valence electrons. The lowest BCUT2D eigenvalue weighted by Crippen LogP contribution is -2.37. The lowest BCUT2D eigenvalue weighted by atomic mass is 9.86. The van der Waals surface area contributed by atoms with Crippen LogP contribution < -0.4 is 16.0 Å². The number of hydrogen-bond acceptors (Lipinski definition) is 4. The van der Waals surface area contributed by atoms with Gasteiger partial charge in [-0.25, -0.2) is 0 Å². The van der Waals surface area contributed by atoms with Crippen LogP contribution in [0.15, 0.2) is 59.0 Å². The van der Waals surface area contributed by atoms with Gasteiger partial charge in [-0.1, -0.05) is 30.3 Å². The van der Waals surface area contributed by atoms with E-state index in [-0.39, 0.29) is 24.0 Å². The average molecular weight is 431 g/mol. The summed E-state index contributed by atoms with van der Waals surface area (Å²) >= 11 is 0. The van der Waals surface area contributed by atoms with E-state index >= 15 is 0 Å². The van der Waals surface area contributed by atoms with Crippen molar-refractivity contribution in [1.82, 2.24) is 0 Å². The number of nitrogens with two attached hydrogens (primary N) is 1. The van der Waals surface area contributed by atoms with Gasteiger partial charge in [0.05, 0.1) is 5.41 Å². The van der Waals surface area contributed by atoms with E-state index in [1.807, 2.05) is 57.2 Å². The van der Waals surface area contributed by atoms with E-state index in [0.29, 0.717) is 23.6 Å². The Bertz CT molecular complexity index is 1230. The summed E-state index contributed by atoms with van der Waals surface area (Å²) in [6.07, 6.45) is 0.159. The van der Waals surface area contributed by atoms with Crippen LogP contribution in [-0.2, 0) is 15.0 Å². The van der Waals surface area contributed by atoms with Crippen molar-refractivity contribution in [2.75, 3.05) is 16.8 Å². The zero-order valence-corrected chi connectivity index (χ0v) is 18.3. The molecule has 0 unspecified atom stereocenters. The van der Waals surface area contributed by atoms with Crippen molar-refractivity contribution in [1.29, 1.82) is 0 Å². The Balaban J connectivity index is 1.47. The molecule has 3 N–H and O–H groups in total. The lowest BCUT2D eigenvalue weighted by molar-refractivity contribution is -0.122. The van der Waals surface area contributed by atoms with Gasteiger partial charge in [0.25, 0.3) is 5.91 Å². The van der Waals surface area contributed by atoms with Crippen LogP contribution in [0.3, 0.4) is 0 Å². The van der Waals surface area contributed by atoms with Crippen LogP contribution in [-0.4, -0.2) is 24.3 Å². The standard InChI is InChI=1S/C25H25N3O4/c1-15-8-9-16(20-10-11-21(32-20)23(26)30)14-18(15)27-22(29)12-13-28-19-7-5-4-6-17(19)25(2,3)24(28)31/h4-11,14H,12-13H2,1-3H3,(H2,26,30)(H,27,29). The van der Waals surface area contributed by atoms with E-state index in [1.54, 1.807) is 17.0 Å². The number of nitrogens with one attached hydrogen (secondary N) is 1. The highest BCUT2D eigenvalue weighted by molar-refractivity contribution is 6.08. The van der Waals surface area contributed by atoms with Gasteiger partial charge in [-0.15, -0.1) is 0 Å². The molecule has 0 saturated carbocycles. The second-order valence-corrected chi connectivity index (χ2v) is 8.45. The Morgan fingerprint density at radius 2 is 1.84 bits per heavy atom. The summed E-state index contributed by atoms with van der Waals surface area (Å²) in [5, 5.41) is 2.92. The third-order valence-corrected chi connectivity index (χ3v) is 5.86. The van der Waals surface area contributed by atoms with Crippen LogP contribution in [0, 0.1) is 6.92 Å². The summed E-state index contributed by atoms with van der Waals surface area (Å²) in [4.78, 5) is 38.6. The number of para-hydroxylation sites is 1. The molecule has 0 fully saturated rings. The SMILES string of the molecule is Cc1ccc(-c2ccc(C(N)=O)o2)cc1NC(=O)CCN1C(=O)C(C)(C)c2ccccc21. The van der Waals surface area contributed by atoms with Gasteiger partial charge in [0.2, 0.25) is 11.8 Å². The molecule has 2 aromatic carbocycles. The van der Waals surface area contributed by atoms with E-state index in [0.717, 1.165) is 16.8 Å². The summed E-state index contributed by atoms with van der Waals surface area (Å²) in [6, 6.07) is 16.4. The molecule has 0 radical (unpaired) electrons. The van der Waals surface area contributed by atoms with Gasteiger partial charge in [0.15, 0.2) is 5.76 Å². The molecular weight excluding hydrogens is 406 g/mol. The number of fused-ring (bicyclic) bond motifs is 1. The minimum atomic E-state index is -0.641. The predicted molar refractivity (Wildman–Crippen MR) is 122 cm³/mol. The van der Waals surface area contributed by atoms with Gasteiger partial charge in [0.1, 0.15) is 5.76 Å². The van der Waals surface area contributed by atoms with E-state index < -0.39 is 11.3 Å². The van der Waals surface area contributed by atoms with Gasteiger partial charge < -0.3 is 20.4 Å². The van der Waals surface area contributed by atoms with Crippen molar-refractivity contribution in [3.05, 3.63) is 71.5 Å². The van der Waals surface area contributed by atoms with E-state index in [9.17, 15) is 14.4 Å². The third kappa shape index (κ3) is 3.77. The fourth-order valence-corrected chi connectivity index (χ4v) is 3.98. The van der Waals surface area contributed by atoms with Crippen molar-refractivity contribution in [2.45, 2.75) is 32.6 Å². The van der Waals surface area contributed by atoms with Crippen molar-refractivity contribution in [3.8, 4) is 11.3 Å². The van der Waals surface area contributed by atoms with Crippen LogP contribution in [0.5, 0.6) is 0 Å². The van der Waals surface area contributed by atoms with Crippen molar-refractivity contribution < 1.29 is 18.8 Å². The molecule has 4 rings (SSSR count). The first-order valence-electron chi connectivity index (χ1n) is 10.4. The minimum absolute atomic E-state index is 0.00671. The van der Waals surface area contributed by atoms with Crippen LogP contribution in [0.1, 0.15) is 41.9 Å². The fourth-order valence-electron chi connectivity index (χ4n) is 3.98. The van der Waals surface area contributed by atoms with Gasteiger partial charge in [-0.2, -0.15) is 0 Å². The van der Waals surface area contributed by atoms with Crippen molar-refractivity contribution >= 4 is 29.1 Å². The molecule has 32 heavy (non-hydrogen) atoms. The number of hydrogen-bond donors (Lipinski definition) is 2. The van der Waals surface area contributed by atoms with E-state index in [4.69, 9.17) is 10.2 Å². The number of benzene rings is 2. The zero-order chi connectivity index (χ0) is 23.0. The first-order chi connectivity index (χ1) is 15.2. The highest BCUT2D eigenvalue weighted by atomic mass is 16.3. The summed E-state index contributed by atoms with van der Waals surface area (Å²) in [5.74, 6) is -0.288. The molecule has 7 heteroatoms. The molecule has 0 spiro atoms.